The molecule has 17 heavy (non-hydrogen) atoms. The average molecular weight is 240 g/mol. The Bertz CT molecular complexity index is 540. The van der Waals surface area contributed by atoms with E-state index in [1.54, 1.807) is 0 Å². The molecule has 90 valence electrons. The summed E-state index contributed by atoms with van der Waals surface area (Å²) in [6.07, 6.45) is 1.33. The molecule has 0 saturated heterocycles. The Kier molecular flexibility index (Phi) is 3.06. The summed E-state index contributed by atoms with van der Waals surface area (Å²) in [5, 5.41) is 8.82. The van der Waals surface area contributed by atoms with Crippen LogP contribution in [0.15, 0.2) is 18.3 Å². The van der Waals surface area contributed by atoms with Crippen LogP contribution >= 0.6 is 0 Å². The molecule has 2 rings (SSSR count). The lowest BCUT2D eigenvalue weighted by atomic mass is 10.1. The lowest BCUT2D eigenvalue weighted by molar-refractivity contribution is 0.272. The van der Waals surface area contributed by atoms with Gasteiger partial charge in [0.2, 0.25) is 0 Å². The molecule has 0 fully saturated rings. The number of aromatic amines is 1. The van der Waals surface area contributed by atoms with Gasteiger partial charge in [-0.25, -0.2) is 13.8 Å². The van der Waals surface area contributed by atoms with Crippen LogP contribution in [0.2, 0.25) is 0 Å². The minimum absolute atomic E-state index is 0.0375. The van der Waals surface area contributed by atoms with Crippen molar-refractivity contribution in [2.45, 2.75) is 6.61 Å². The molecule has 0 aliphatic rings. The maximum atomic E-state index is 13.7. The van der Waals surface area contributed by atoms with E-state index in [0.717, 1.165) is 12.1 Å². The second kappa shape index (κ2) is 4.50. The van der Waals surface area contributed by atoms with Crippen LogP contribution in [0.3, 0.4) is 0 Å². The molecule has 0 radical (unpaired) electrons. The van der Waals surface area contributed by atoms with Crippen molar-refractivity contribution in [1.82, 2.24) is 9.97 Å². The first-order valence-corrected chi connectivity index (χ1v) is 4.84. The molecule has 0 atom stereocenters. The Hall–Kier alpha value is -1.95. The van der Waals surface area contributed by atoms with Crippen LogP contribution in [-0.2, 0) is 6.61 Å². The van der Waals surface area contributed by atoms with Crippen LogP contribution in [0.5, 0.6) is 5.75 Å². The number of halogens is 2. The van der Waals surface area contributed by atoms with E-state index in [1.165, 1.54) is 13.3 Å². The molecule has 2 N–H and O–H groups in total. The number of methoxy groups -OCH3 is 1. The molecule has 0 aliphatic carbocycles. The molecular formula is C11H10F2N2O2. The number of aliphatic hydroxyl groups is 1. The number of hydrogen-bond donors (Lipinski definition) is 2. The van der Waals surface area contributed by atoms with E-state index < -0.39 is 11.6 Å². The fourth-order valence-electron chi connectivity index (χ4n) is 1.47. The second-order valence-corrected chi connectivity index (χ2v) is 3.37. The van der Waals surface area contributed by atoms with Crippen molar-refractivity contribution in [1.29, 1.82) is 0 Å². The van der Waals surface area contributed by atoms with Gasteiger partial charge in [0.1, 0.15) is 18.2 Å². The van der Waals surface area contributed by atoms with Gasteiger partial charge in [0.25, 0.3) is 0 Å². The van der Waals surface area contributed by atoms with Gasteiger partial charge in [0, 0.05) is 11.6 Å². The Morgan fingerprint density at radius 2 is 2.12 bits per heavy atom. The van der Waals surface area contributed by atoms with Crippen molar-refractivity contribution in [2.75, 3.05) is 7.11 Å². The number of nitrogens with zero attached hydrogens (tertiary/aromatic N) is 1. The van der Waals surface area contributed by atoms with Crippen LogP contribution < -0.4 is 4.74 Å². The minimum atomic E-state index is -0.663. The van der Waals surface area contributed by atoms with Crippen LogP contribution in [0.1, 0.15) is 5.82 Å². The van der Waals surface area contributed by atoms with E-state index >= 15 is 0 Å². The van der Waals surface area contributed by atoms with Crippen molar-refractivity contribution >= 4 is 0 Å². The Balaban J connectivity index is 2.48. The smallest absolute Gasteiger partial charge is 0.165 e. The highest BCUT2D eigenvalue weighted by Crippen LogP contribution is 2.27. The molecule has 0 amide bonds. The Morgan fingerprint density at radius 1 is 1.35 bits per heavy atom. The monoisotopic (exact) mass is 240 g/mol. The third kappa shape index (κ3) is 2.12. The SMILES string of the molecule is COc1cc(F)c(-c2cnc(CO)[nH]2)cc1F. The normalized spacial score (nSPS) is 10.6. The van der Waals surface area contributed by atoms with Crippen molar-refractivity contribution in [3.05, 3.63) is 35.8 Å². The highest BCUT2D eigenvalue weighted by molar-refractivity contribution is 5.60. The highest BCUT2D eigenvalue weighted by atomic mass is 19.1. The van der Waals surface area contributed by atoms with Crippen LogP contribution in [0.25, 0.3) is 11.3 Å². The standard InChI is InChI=1S/C11H10F2N2O2/c1-17-10-3-7(12)6(2-8(10)13)9-4-14-11(5-16)15-9/h2-4,16H,5H2,1H3,(H,14,15). The predicted octanol–water partition coefficient (Wildman–Crippen LogP) is 1.86. The van der Waals surface area contributed by atoms with E-state index in [1.807, 2.05) is 0 Å². The fraction of sp³-hybridized carbons (Fsp3) is 0.182. The van der Waals surface area contributed by atoms with Crippen LogP contribution in [-0.4, -0.2) is 22.2 Å². The summed E-state index contributed by atoms with van der Waals surface area (Å²) in [5.41, 5.74) is 0.337. The molecule has 1 heterocycles. The van der Waals surface area contributed by atoms with Crippen LogP contribution in [0.4, 0.5) is 8.78 Å². The average Bonchev–Trinajstić information content (AvgIpc) is 2.80. The topological polar surface area (TPSA) is 58.1 Å². The largest absolute Gasteiger partial charge is 0.494 e. The van der Waals surface area contributed by atoms with E-state index in [2.05, 4.69) is 14.7 Å². The molecule has 0 bridgehead atoms. The van der Waals surface area contributed by atoms with Gasteiger partial charge in [-0.3, -0.25) is 0 Å². The van der Waals surface area contributed by atoms with E-state index in [9.17, 15) is 8.78 Å². The summed E-state index contributed by atoms with van der Waals surface area (Å²) in [5.74, 6) is -1.16. The van der Waals surface area contributed by atoms with Crippen molar-refractivity contribution in [3.63, 3.8) is 0 Å². The zero-order chi connectivity index (χ0) is 12.4. The van der Waals surface area contributed by atoms with Gasteiger partial charge in [-0.1, -0.05) is 0 Å². The van der Waals surface area contributed by atoms with Crippen molar-refractivity contribution in [3.8, 4) is 17.0 Å². The van der Waals surface area contributed by atoms with Gasteiger partial charge in [-0.15, -0.1) is 0 Å². The summed E-state index contributed by atoms with van der Waals surface area (Å²) in [6.45, 7) is -0.291. The van der Waals surface area contributed by atoms with Gasteiger partial charge in [-0.2, -0.15) is 0 Å². The first-order chi connectivity index (χ1) is 8.15. The first-order valence-electron chi connectivity index (χ1n) is 4.84. The number of aromatic nitrogens is 2. The number of aliphatic hydroxyl groups excluding tert-OH is 1. The number of rotatable bonds is 3. The molecule has 4 nitrogen and oxygen atoms in total. The molecule has 1 aromatic carbocycles. The van der Waals surface area contributed by atoms with Gasteiger partial charge in [0.05, 0.1) is 19.0 Å². The number of nitrogens with one attached hydrogen (secondary N) is 1. The molecule has 6 heteroatoms. The van der Waals surface area contributed by atoms with Gasteiger partial charge in [0.15, 0.2) is 11.6 Å². The predicted molar refractivity (Wildman–Crippen MR) is 56.4 cm³/mol. The third-order valence-electron chi connectivity index (χ3n) is 2.31. The maximum absolute atomic E-state index is 13.7. The van der Waals surface area contributed by atoms with E-state index in [-0.39, 0.29) is 23.7 Å². The molecule has 1 aromatic heterocycles. The van der Waals surface area contributed by atoms with E-state index in [0.29, 0.717) is 5.69 Å². The summed E-state index contributed by atoms with van der Waals surface area (Å²) >= 11 is 0. The molecule has 0 spiro atoms. The lowest BCUT2D eigenvalue weighted by Crippen LogP contribution is -1.93. The first kappa shape index (κ1) is 11.5. The number of imidazole rings is 1. The highest BCUT2D eigenvalue weighted by Gasteiger charge is 2.13. The molecule has 0 aliphatic heterocycles. The van der Waals surface area contributed by atoms with Gasteiger partial charge >= 0.3 is 0 Å². The number of H-pyrrole nitrogens is 1. The molecular weight excluding hydrogens is 230 g/mol. The molecule has 0 saturated carbocycles. The molecule has 2 aromatic rings. The Labute approximate surface area is 95.9 Å². The third-order valence-corrected chi connectivity index (χ3v) is 2.31. The summed E-state index contributed by atoms with van der Waals surface area (Å²) in [6, 6.07) is 1.98. The van der Waals surface area contributed by atoms with E-state index in [4.69, 9.17) is 5.11 Å². The van der Waals surface area contributed by atoms with Crippen molar-refractivity contribution in [2.24, 2.45) is 0 Å². The second-order valence-electron chi connectivity index (χ2n) is 3.37. The molecule has 0 unspecified atom stereocenters. The lowest BCUT2D eigenvalue weighted by Gasteiger charge is -2.05. The summed E-state index contributed by atoms with van der Waals surface area (Å²) in [7, 11) is 1.26. The summed E-state index contributed by atoms with van der Waals surface area (Å²) < 4.78 is 31.8. The minimum Gasteiger partial charge on any atom is -0.494 e. The zero-order valence-corrected chi connectivity index (χ0v) is 9.00. The zero-order valence-electron chi connectivity index (χ0n) is 9.00. The fourth-order valence-corrected chi connectivity index (χ4v) is 1.47. The van der Waals surface area contributed by atoms with Gasteiger partial charge < -0.3 is 14.8 Å². The maximum Gasteiger partial charge on any atom is 0.165 e. The Morgan fingerprint density at radius 3 is 2.71 bits per heavy atom. The van der Waals surface area contributed by atoms with Gasteiger partial charge in [-0.05, 0) is 6.07 Å². The van der Waals surface area contributed by atoms with Crippen LogP contribution in [0, 0.1) is 11.6 Å². The quantitative estimate of drug-likeness (QED) is 0.860. The number of benzene rings is 1. The number of hydrogen-bond acceptors (Lipinski definition) is 3. The summed E-state index contributed by atoms with van der Waals surface area (Å²) in [4.78, 5) is 6.47. The van der Waals surface area contributed by atoms with Crippen molar-refractivity contribution < 1.29 is 18.6 Å². The number of ether oxygens (including phenoxy) is 1.